The summed E-state index contributed by atoms with van der Waals surface area (Å²) in [4.78, 5) is 15.3. The van der Waals surface area contributed by atoms with Crippen LogP contribution in [0.5, 0.6) is 0 Å². The average molecular weight is 340 g/mol. The molecule has 6 nitrogen and oxygen atoms in total. The van der Waals surface area contributed by atoms with Crippen molar-refractivity contribution >= 4 is 18.2 Å². The van der Waals surface area contributed by atoms with Gasteiger partial charge in [0.25, 0.3) is 0 Å². The van der Waals surface area contributed by atoms with Crippen LogP contribution in [-0.2, 0) is 11.3 Å². The maximum Gasteiger partial charge on any atom is 0.304 e. The van der Waals surface area contributed by atoms with Crippen LogP contribution in [0.2, 0.25) is 0 Å². The summed E-state index contributed by atoms with van der Waals surface area (Å²) in [6.45, 7) is 0.434. The average Bonchev–Trinajstić information content (AvgIpc) is 2.96. The van der Waals surface area contributed by atoms with Crippen LogP contribution in [0.25, 0.3) is 11.4 Å². The second-order valence-corrected chi connectivity index (χ2v) is 5.79. The zero-order valence-corrected chi connectivity index (χ0v) is 13.6. The monoisotopic (exact) mass is 340 g/mol. The highest BCUT2D eigenvalue weighted by Crippen LogP contribution is 2.25. The molecule has 1 aromatic carbocycles. The Balaban J connectivity index is 1.98. The lowest BCUT2D eigenvalue weighted by Gasteiger charge is -2.17. The van der Waals surface area contributed by atoms with E-state index < -0.39 is 5.97 Å². The lowest BCUT2D eigenvalue weighted by molar-refractivity contribution is -0.137. The van der Waals surface area contributed by atoms with Crippen molar-refractivity contribution in [3.8, 4) is 11.4 Å². The summed E-state index contributed by atoms with van der Waals surface area (Å²) in [5.41, 5.74) is 1.84. The smallest absolute Gasteiger partial charge is 0.304 e. The van der Waals surface area contributed by atoms with Crippen LogP contribution in [0, 0.1) is 4.77 Å². The Bertz CT molecular complexity index is 874. The predicted molar refractivity (Wildman–Crippen MR) is 92.1 cm³/mol. The Morgan fingerprint density at radius 3 is 2.58 bits per heavy atom. The first-order chi connectivity index (χ1) is 11.6. The number of benzene rings is 1. The molecule has 3 rings (SSSR count). The molecule has 7 heteroatoms. The van der Waals surface area contributed by atoms with Crippen LogP contribution >= 0.6 is 12.2 Å². The topological polar surface area (TPSA) is 83.8 Å². The first-order valence-corrected chi connectivity index (χ1v) is 7.88. The molecule has 122 valence electrons. The number of hydrogen-bond donors (Lipinski definition) is 2. The molecule has 0 amide bonds. The molecular weight excluding hydrogens is 324 g/mol. The van der Waals surface area contributed by atoms with E-state index in [-0.39, 0.29) is 12.3 Å². The molecule has 2 heterocycles. The van der Waals surface area contributed by atoms with E-state index in [0.29, 0.717) is 17.1 Å². The van der Waals surface area contributed by atoms with Crippen LogP contribution in [0.4, 0.5) is 0 Å². The van der Waals surface area contributed by atoms with Gasteiger partial charge in [0, 0.05) is 30.4 Å². The molecule has 0 fully saturated rings. The van der Waals surface area contributed by atoms with Gasteiger partial charge in [0.1, 0.15) is 0 Å². The second-order valence-electron chi connectivity index (χ2n) is 5.40. The van der Waals surface area contributed by atoms with Gasteiger partial charge >= 0.3 is 5.97 Å². The van der Waals surface area contributed by atoms with Gasteiger partial charge in [0.2, 0.25) is 0 Å². The molecule has 24 heavy (non-hydrogen) atoms. The lowest BCUT2D eigenvalue weighted by atomic mass is 9.95. The van der Waals surface area contributed by atoms with Gasteiger partial charge in [-0.3, -0.25) is 19.4 Å². The minimum Gasteiger partial charge on any atom is -0.481 e. The van der Waals surface area contributed by atoms with Crippen LogP contribution in [0.3, 0.4) is 0 Å². The number of carboxylic acid groups (broad SMARTS) is 1. The zero-order chi connectivity index (χ0) is 16.9. The molecule has 0 spiro atoms. The molecule has 3 aromatic rings. The summed E-state index contributed by atoms with van der Waals surface area (Å²) in [6.07, 6.45) is 3.39. The van der Waals surface area contributed by atoms with Crippen molar-refractivity contribution < 1.29 is 9.90 Å². The van der Waals surface area contributed by atoms with Crippen molar-refractivity contribution in [3.05, 3.63) is 65.2 Å². The van der Waals surface area contributed by atoms with Crippen molar-refractivity contribution in [1.29, 1.82) is 0 Å². The van der Waals surface area contributed by atoms with Gasteiger partial charge < -0.3 is 5.11 Å². The van der Waals surface area contributed by atoms with Gasteiger partial charge in [0.15, 0.2) is 10.6 Å². The second kappa shape index (κ2) is 7.18. The molecule has 0 radical (unpaired) electrons. The first kappa shape index (κ1) is 16.1. The summed E-state index contributed by atoms with van der Waals surface area (Å²) in [5, 5.41) is 16.3. The predicted octanol–water partition coefficient (Wildman–Crippen LogP) is 3.26. The summed E-state index contributed by atoms with van der Waals surface area (Å²) in [7, 11) is 0. The number of nitrogens with zero attached hydrogens (tertiary/aromatic N) is 3. The number of H-pyrrole nitrogens is 1. The number of rotatable bonds is 6. The minimum absolute atomic E-state index is 0.0206. The zero-order valence-electron chi connectivity index (χ0n) is 12.8. The summed E-state index contributed by atoms with van der Waals surface area (Å²) >= 11 is 5.34. The highest BCUT2D eigenvalue weighted by atomic mass is 32.1. The number of carboxylic acids is 1. The number of aromatic nitrogens is 4. The third kappa shape index (κ3) is 3.57. The summed E-state index contributed by atoms with van der Waals surface area (Å²) in [5.74, 6) is -0.369. The number of pyridine rings is 1. The molecule has 0 unspecified atom stereocenters. The Kier molecular flexibility index (Phi) is 4.81. The van der Waals surface area contributed by atoms with E-state index in [0.717, 1.165) is 11.1 Å². The van der Waals surface area contributed by atoms with Gasteiger partial charge in [-0.25, -0.2) is 0 Å². The van der Waals surface area contributed by atoms with E-state index in [1.54, 1.807) is 12.4 Å². The third-order valence-electron chi connectivity index (χ3n) is 3.79. The fraction of sp³-hybridized carbons (Fsp3) is 0.176. The van der Waals surface area contributed by atoms with E-state index in [1.165, 1.54) is 0 Å². The van der Waals surface area contributed by atoms with E-state index >= 15 is 0 Å². The number of nitrogens with one attached hydrogen (secondary N) is 1. The molecule has 0 aliphatic heterocycles. The van der Waals surface area contributed by atoms with Crippen LogP contribution in [-0.4, -0.2) is 30.8 Å². The molecule has 0 saturated carbocycles. The van der Waals surface area contributed by atoms with Crippen molar-refractivity contribution in [2.45, 2.75) is 18.9 Å². The largest absolute Gasteiger partial charge is 0.481 e. The van der Waals surface area contributed by atoms with Crippen molar-refractivity contribution in [1.82, 2.24) is 19.7 Å². The highest BCUT2D eigenvalue weighted by molar-refractivity contribution is 7.71. The molecule has 2 N–H and O–H groups in total. The SMILES string of the molecule is O=C(O)C[C@@H](Cn1c(-c2ccncc2)n[nH]c1=S)c1ccccc1. The Hall–Kier alpha value is -2.80. The molecule has 0 bridgehead atoms. The number of aliphatic carboxylic acids is 1. The summed E-state index contributed by atoms with van der Waals surface area (Å²) < 4.78 is 2.30. The standard InChI is InChI=1S/C17H16N4O2S/c22-15(23)10-14(12-4-2-1-3-5-12)11-21-16(19-20-17(21)24)13-6-8-18-9-7-13/h1-9,14H,10-11H2,(H,20,24)(H,22,23)/t14-/m0/s1. The molecule has 0 saturated heterocycles. The normalized spacial score (nSPS) is 12.0. The van der Waals surface area contributed by atoms with Gasteiger partial charge in [-0.15, -0.1) is 0 Å². The number of hydrogen-bond acceptors (Lipinski definition) is 4. The van der Waals surface area contributed by atoms with E-state index in [1.807, 2.05) is 47.0 Å². The Labute approximate surface area is 143 Å². The first-order valence-electron chi connectivity index (χ1n) is 7.47. The van der Waals surface area contributed by atoms with Crippen LogP contribution in [0.15, 0.2) is 54.9 Å². The van der Waals surface area contributed by atoms with Crippen LogP contribution in [0.1, 0.15) is 17.9 Å². The molecule has 1 atom stereocenters. The Morgan fingerprint density at radius 1 is 1.21 bits per heavy atom. The van der Waals surface area contributed by atoms with Gasteiger partial charge in [-0.2, -0.15) is 5.10 Å². The maximum absolute atomic E-state index is 11.3. The third-order valence-corrected chi connectivity index (χ3v) is 4.10. The fourth-order valence-electron chi connectivity index (χ4n) is 2.65. The number of aromatic amines is 1. The molecule has 0 aliphatic carbocycles. The molecular formula is C17H16N4O2S. The van der Waals surface area contributed by atoms with E-state index in [9.17, 15) is 9.90 Å². The van der Waals surface area contributed by atoms with Crippen molar-refractivity contribution in [2.24, 2.45) is 0 Å². The van der Waals surface area contributed by atoms with Gasteiger partial charge in [0.05, 0.1) is 6.42 Å². The van der Waals surface area contributed by atoms with Gasteiger partial charge in [-0.05, 0) is 29.9 Å². The molecule has 0 aliphatic rings. The number of carbonyl (C=O) groups is 1. The van der Waals surface area contributed by atoms with E-state index in [2.05, 4.69) is 15.2 Å². The van der Waals surface area contributed by atoms with Crippen LogP contribution < -0.4 is 0 Å². The van der Waals surface area contributed by atoms with Gasteiger partial charge in [-0.1, -0.05) is 30.3 Å². The lowest BCUT2D eigenvalue weighted by Crippen LogP contribution is -2.14. The maximum atomic E-state index is 11.3. The highest BCUT2D eigenvalue weighted by Gasteiger charge is 2.19. The quantitative estimate of drug-likeness (QED) is 0.673. The Morgan fingerprint density at radius 2 is 1.92 bits per heavy atom. The van der Waals surface area contributed by atoms with Crippen molar-refractivity contribution in [3.63, 3.8) is 0 Å². The fourth-order valence-corrected chi connectivity index (χ4v) is 2.86. The summed E-state index contributed by atoms with van der Waals surface area (Å²) in [6, 6.07) is 13.3. The minimum atomic E-state index is -0.843. The van der Waals surface area contributed by atoms with E-state index in [4.69, 9.17) is 12.2 Å². The molecule has 2 aromatic heterocycles. The van der Waals surface area contributed by atoms with Crippen molar-refractivity contribution in [2.75, 3.05) is 0 Å².